The third kappa shape index (κ3) is 4.65. The van der Waals surface area contributed by atoms with Crippen LogP contribution in [0.2, 0.25) is 0 Å². The van der Waals surface area contributed by atoms with Crippen molar-refractivity contribution >= 4 is 5.69 Å². The van der Waals surface area contributed by atoms with Gasteiger partial charge in [-0.3, -0.25) is 0 Å². The van der Waals surface area contributed by atoms with Crippen molar-refractivity contribution in [2.45, 2.75) is 38.8 Å². The highest BCUT2D eigenvalue weighted by Gasteiger charge is 2.24. The molecule has 6 nitrogen and oxygen atoms in total. The zero-order chi connectivity index (χ0) is 21.1. The normalized spacial score (nSPS) is 16.6. The van der Waals surface area contributed by atoms with Crippen LogP contribution < -0.4 is 9.64 Å². The van der Waals surface area contributed by atoms with Gasteiger partial charge < -0.3 is 19.0 Å². The van der Waals surface area contributed by atoms with Gasteiger partial charge in [0.1, 0.15) is 5.75 Å². The van der Waals surface area contributed by atoms with Gasteiger partial charge in [0, 0.05) is 30.4 Å². The second-order valence-corrected chi connectivity index (χ2v) is 8.41. The Morgan fingerprint density at radius 1 is 1.07 bits per heavy atom. The van der Waals surface area contributed by atoms with Crippen molar-refractivity contribution in [3.63, 3.8) is 0 Å². The first kappa shape index (κ1) is 20.4. The third-order valence-corrected chi connectivity index (χ3v) is 5.75. The first-order valence-corrected chi connectivity index (χ1v) is 10.6. The Kier molecular flexibility index (Phi) is 6.04. The van der Waals surface area contributed by atoms with Gasteiger partial charge in [0.15, 0.2) is 6.61 Å². The molecule has 3 aromatic rings. The van der Waals surface area contributed by atoms with Crippen molar-refractivity contribution < 1.29 is 9.15 Å². The van der Waals surface area contributed by atoms with Crippen molar-refractivity contribution in [1.82, 2.24) is 15.1 Å². The van der Waals surface area contributed by atoms with Gasteiger partial charge in [-0.25, -0.2) is 0 Å². The Labute approximate surface area is 178 Å². The van der Waals surface area contributed by atoms with Crippen LogP contribution >= 0.6 is 0 Å². The average molecular weight is 407 g/mol. The zero-order valence-corrected chi connectivity index (χ0v) is 18.2. The van der Waals surface area contributed by atoms with Crippen molar-refractivity contribution in [3.8, 4) is 17.2 Å². The summed E-state index contributed by atoms with van der Waals surface area (Å²) in [4.78, 5) is 4.72. The van der Waals surface area contributed by atoms with E-state index in [9.17, 15) is 0 Å². The minimum Gasteiger partial charge on any atom is -0.484 e. The summed E-state index contributed by atoms with van der Waals surface area (Å²) in [5.41, 5.74) is 3.44. The number of anilines is 1. The maximum Gasteiger partial charge on any atom is 0.254 e. The lowest BCUT2D eigenvalue weighted by molar-refractivity contribution is 0.264. The lowest BCUT2D eigenvalue weighted by atomic mass is 10.0. The Morgan fingerprint density at radius 3 is 2.43 bits per heavy atom. The number of hydrogen-bond acceptors (Lipinski definition) is 6. The third-order valence-electron chi connectivity index (χ3n) is 5.75. The van der Waals surface area contributed by atoms with Crippen LogP contribution in [0.25, 0.3) is 11.5 Å². The second kappa shape index (κ2) is 8.88. The second-order valence-electron chi connectivity index (χ2n) is 8.41. The van der Waals surface area contributed by atoms with Gasteiger partial charge in [-0.05, 0) is 68.4 Å². The summed E-state index contributed by atoms with van der Waals surface area (Å²) in [6.07, 6.45) is 1.20. The van der Waals surface area contributed by atoms with Gasteiger partial charge in [0.25, 0.3) is 5.89 Å². The molecule has 4 rings (SSSR count). The lowest BCUT2D eigenvalue weighted by Crippen LogP contribution is -2.31. The molecule has 1 unspecified atom stereocenters. The van der Waals surface area contributed by atoms with Crippen LogP contribution in [0.1, 0.15) is 37.6 Å². The van der Waals surface area contributed by atoms with Crippen molar-refractivity contribution in [1.29, 1.82) is 0 Å². The smallest absolute Gasteiger partial charge is 0.254 e. The summed E-state index contributed by atoms with van der Waals surface area (Å²) >= 11 is 0. The molecule has 1 atom stereocenters. The molecule has 1 aliphatic heterocycles. The van der Waals surface area contributed by atoms with E-state index in [1.807, 2.05) is 24.3 Å². The molecule has 0 spiro atoms. The van der Waals surface area contributed by atoms with Crippen LogP contribution in [0, 0.1) is 0 Å². The zero-order valence-electron chi connectivity index (χ0n) is 18.2. The number of rotatable bonds is 7. The average Bonchev–Trinajstić information content (AvgIpc) is 3.43. The molecule has 158 valence electrons. The van der Waals surface area contributed by atoms with Gasteiger partial charge in [0.05, 0.1) is 0 Å². The van der Waals surface area contributed by atoms with E-state index in [0.717, 1.165) is 24.4 Å². The van der Waals surface area contributed by atoms with Crippen LogP contribution in [0.4, 0.5) is 5.69 Å². The number of likely N-dealkylation sites (N-methyl/N-ethyl adjacent to an activating group) is 1. The summed E-state index contributed by atoms with van der Waals surface area (Å²) in [6.45, 7) is 6.75. The minimum atomic E-state index is 0.256. The number of ether oxygens (including phenoxy) is 1. The molecule has 2 heterocycles. The van der Waals surface area contributed by atoms with Crippen molar-refractivity contribution in [3.05, 3.63) is 60.0 Å². The van der Waals surface area contributed by atoms with E-state index < -0.39 is 0 Å². The number of aromatic nitrogens is 2. The van der Waals surface area contributed by atoms with E-state index in [0.29, 0.717) is 23.7 Å². The molecule has 1 saturated heterocycles. The topological polar surface area (TPSA) is 54.6 Å². The molecular formula is C24H30N4O2. The summed E-state index contributed by atoms with van der Waals surface area (Å²) in [6, 6.07) is 17.1. The highest BCUT2D eigenvalue weighted by atomic mass is 16.5. The molecular weight excluding hydrogens is 376 g/mol. The fourth-order valence-electron chi connectivity index (χ4n) is 3.74. The largest absolute Gasteiger partial charge is 0.484 e. The summed E-state index contributed by atoms with van der Waals surface area (Å²) < 4.78 is 11.6. The van der Waals surface area contributed by atoms with Crippen LogP contribution in [0.3, 0.4) is 0 Å². The van der Waals surface area contributed by atoms with Crippen LogP contribution in [-0.2, 0) is 6.61 Å². The molecule has 1 aliphatic rings. The summed E-state index contributed by atoms with van der Waals surface area (Å²) in [5, 5.41) is 8.31. The number of nitrogens with zero attached hydrogens (tertiary/aromatic N) is 4. The molecule has 0 radical (unpaired) electrons. The maximum absolute atomic E-state index is 5.80. The van der Waals surface area contributed by atoms with E-state index in [1.54, 1.807) is 0 Å². The van der Waals surface area contributed by atoms with Crippen LogP contribution in [-0.4, -0.2) is 48.3 Å². The van der Waals surface area contributed by atoms with E-state index in [4.69, 9.17) is 9.15 Å². The predicted octanol–water partition coefficient (Wildman–Crippen LogP) is 4.58. The fraction of sp³-hybridized carbons (Fsp3) is 0.417. The van der Waals surface area contributed by atoms with Gasteiger partial charge in [-0.1, -0.05) is 26.0 Å². The Bertz CT molecular complexity index is 948. The van der Waals surface area contributed by atoms with Gasteiger partial charge >= 0.3 is 0 Å². The first-order chi connectivity index (χ1) is 14.5. The van der Waals surface area contributed by atoms with Crippen molar-refractivity contribution in [2.24, 2.45) is 0 Å². The number of benzene rings is 2. The molecule has 0 aliphatic carbocycles. The SMILES string of the molecule is CC(C)c1ccc(OCc2nnc(-c3ccc(N4CCC(N(C)C)C4)cc3)o2)cc1. The van der Waals surface area contributed by atoms with Crippen molar-refractivity contribution in [2.75, 3.05) is 32.1 Å². The van der Waals surface area contributed by atoms with E-state index in [2.05, 4.69) is 72.2 Å². The highest BCUT2D eigenvalue weighted by molar-refractivity contribution is 5.59. The molecule has 0 N–H and O–H groups in total. The Hall–Kier alpha value is -2.86. The molecule has 2 aromatic carbocycles. The quantitative estimate of drug-likeness (QED) is 0.572. The molecule has 1 aromatic heterocycles. The summed E-state index contributed by atoms with van der Waals surface area (Å²) in [5.74, 6) is 2.28. The minimum absolute atomic E-state index is 0.256. The predicted molar refractivity (Wildman–Crippen MR) is 119 cm³/mol. The number of hydrogen-bond donors (Lipinski definition) is 0. The monoisotopic (exact) mass is 406 g/mol. The molecule has 0 amide bonds. The van der Waals surface area contributed by atoms with E-state index in [-0.39, 0.29) is 6.61 Å². The molecule has 0 saturated carbocycles. The molecule has 0 bridgehead atoms. The van der Waals surface area contributed by atoms with Crippen LogP contribution in [0.15, 0.2) is 52.9 Å². The first-order valence-electron chi connectivity index (χ1n) is 10.6. The van der Waals surface area contributed by atoms with Gasteiger partial charge in [-0.2, -0.15) is 0 Å². The Balaban J connectivity index is 1.35. The maximum atomic E-state index is 5.80. The molecule has 1 fully saturated rings. The Morgan fingerprint density at radius 2 is 1.80 bits per heavy atom. The molecule has 6 heteroatoms. The van der Waals surface area contributed by atoms with E-state index in [1.165, 1.54) is 17.7 Å². The van der Waals surface area contributed by atoms with Gasteiger partial charge in [-0.15, -0.1) is 10.2 Å². The summed E-state index contributed by atoms with van der Waals surface area (Å²) in [7, 11) is 4.30. The standard InChI is InChI=1S/C24H30N4O2/c1-17(2)18-7-11-22(12-8-18)29-16-23-25-26-24(30-23)19-5-9-20(10-6-19)28-14-13-21(15-28)27(3)4/h5-12,17,21H,13-16H2,1-4H3. The van der Waals surface area contributed by atoms with Crippen LogP contribution in [0.5, 0.6) is 5.75 Å². The lowest BCUT2D eigenvalue weighted by Gasteiger charge is -2.21. The van der Waals surface area contributed by atoms with E-state index >= 15 is 0 Å². The van der Waals surface area contributed by atoms with Gasteiger partial charge in [0.2, 0.25) is 5.89 Å². The fourth-order valence-corrected chi connectivity index (χ4v) is 3.74. The molecule has 30 heavy (non-hydrogen) atoms. The highest BCUT2D eigenvalue weighted by Crippen LogP contribution is 2.26.